The van der Waals surface area contributed by atoms with Crippen LogP contribution in [0.25, 0.3) is 0 Å². The first kappa shape index (κ1) is 24.1. The molecule has 2 atom stereocenters. The Balaban J connectivity index is 1.84. The van der Waals surface area contributed by atoms with E-state index in [1.807, 2.05) is 24.3 Å². The zero-order valence-corrected chi connectivity index (χ0v) is 19.3. The van der Waals surface area contributed by atoms with Crippen LogP contribution in [0.1, 0.15) is 37.5 Å². The number of nitrogens with one attached hydrogen (secondary N) is 1. The molecule has 2 amide bonds. The molecule has 1 aliphatic heterocycles. The van der Waals surface area contributed by atoms with E-state index in [1.165, 1.54) is 24.1 Å². The number of amides is 2. The van der Waals surface area contributed by atoms with Gasteiger partial charge in [-0.1, -0.05) is 36.4 Å². The second kappa shape index (κ2) is 9.94. The van der Waals surface area contributed by atoms with Crippen molar-refractivity contribution in [1.82, 2.24) is 10.2 Å². The summed E-state index contributed by atoms with van der Waals surface area (Å²) >= 11 is 0. The highest BCUT2D eigenvalue weighted by molar-refractivity contribution is 5.90. The molecule has 176 valence electrons. The Labute approximate surface area is 193 Å². The molecule has 0 aromatic heterocycles. The van der Waals surface area contributed by atoms with E-state index in [4.69, 9.17) is 9.47 Å². The standard InChI is InChI=1S/C25H30N2O6/c1-25(2,3)33-24(31)27-15-18-8-6-5-7-17(18)14-21(27)22(29)26-20(23(30)32-4)13-16-9-11-19(28)12-10-16/h5-12,20-21,28H,13-15H2,1-4H3,(H,26,29)/t20-,21-/m0/s1. The molecule has 0 radical (unpaired) electrons. The highest BCUT2D eigenvalue weighted by atomic mass is 16.6. The third-order valence-electron chi connectivity index (χ3n) is 5.36. The van der Waals surface area contributed by atoms with E-state index in [-0.39, 0.29) is 18.7 Å². The Hall–Kier alpha value is -3.55. The quantitative estimate of drug-likeness (QED) is 0.673. The van der Waals surface area contributed by atoms with Crippen LogP contribution in [0, 0.1) is 0 Å². The average Bonchev–Trinajstić information content (AvgIpc) is 2.77. The molecular weight excluding hydrogens is 424 g/mol. The van der Waals surface area contributed by atoms with Gasteiger partial charge in [0.1, 0.15) is 23.4 Å². The van der Waals surface area contributed by atoms with Gasteiger partial charge in [0.05, 0.1) is 13.7 Å². The summed E-state index contributed by atoms with van der Waals surface area (Å²) in [4.78, 5) is 40.1. The fourth-order valence-corrected chi connectivity index (χ4v) is 3.74. The number of ether oxygens (including phenoxy) is 2. The lowest BCUT2D eigenvalue weighted by Gasteiger charge is -2.37. The number of benzene rings is 2. The first-order valence-electron chi connectivity index (χ1n) is 10.8. The van der Waals surface area contributed by atoms with Gasteiger partial charge >= 0.3 is 12.1 Å². The lowest BCUT2D eigenvalue weighted by molar-refractivity contribution is -0.145. The van der Waals surface area contributed by atoms with E-state index in [2.05, 4.69) is 5.32 Å². The number of esters is 1. The minimum atomic E-state index is -0.954. The fraction of sp³-hybridized carbons (Fsp3) is 0.400. The summed E-state index contributed by atoms with van der Waals surface area (Å²) in [5.41, 5.74) is 1.93. The number of nitrogens with zero attached hydrogens (tertiary/aromatic N) is 1. The number of carbonyl (C=O) groups is 3. The van der Waals surface area contributed by atoms with Crippen LogP contribution in [0.4, 0.5) is 4.79 Å². The maximum absolute atomic E-state index is 13.4. The van der Waals surface area contributed by atoms with Crippen LogP contribution in [-0.4, -0.2) is 52.8 Å². The van der Waals surface area contributed by atoms with Gasteiger partial charge in [0.15, 0.2) is 0 Å². The molecule has 0 fully saturated rings. The molecule has 3 rings (SSSR count). The Morgan fingerprint density at radius 3 is 2.33 bits per heavy atom. The molecule has 0 bridgehead atoms. The minimum absolute atomic E-state index is 0.103. The number of hydrogen-bond donors (Lipinski definition) is 2. The second-order valence-corrected chi connectivity index (χ2v) is 9.05. The zero-order valence-electron chi connectivity index (χ0n) is 19.3. The van der Waals surface area contributed by atoms with Crippen molar-refractivity contribution in [1.29, 1.82) is 0 Å². The summed E-state index contributed by atoms with van der Waals surface area (Å²) in [7, 11) is 1.25. The Morgan fingerprint density at radius 2 is 1.73 bits per heavy atom. The Kier molecular flexibility index (Phi) is 7.26. The number of methoxy groups -OCH3 is 1. The van der Waals surface area contributed by atoms with Gasteiger partial charge in [-0.25, -0.2) is 9.59 Å². The third-order valence-corrected chi connectivity index (χ3v) is 5.36. The molecule has 8 nitrogen and oxygen atoms in total. The summed E-state index contributed by atoms with van der Waals surface area (Å²) in [6.07, 6.45) is -0.117. The zero-order chi connectivity index (χ0) is 24.2. The minimum Gasteiger partial charge on any atom is -0.508 e. The first-order chi connectivity index (χ1) is 15.6. The van der Waals surface area contributed by atoms with Crippen LogP contribution in [0.3, 0.4) is 0 Å². The molecule has 2 aromatic rings. The highest BCUT2D eigenvalue weighted by Crippen LogP contribution is 2.26. The van der Waals surface area contributed by atoms with Gasteiger partial charge in [-0.15, -0.1) is 0 Å². The summed E-state index contributed by atoms with van der Waals surface area (Å²) in [6, 6.07) is 12.2. The summed E-state index contributed by atoms with van der Waals surface area (Å²) < 4.78 is 10.4. The van der Waals surface area contributed by atoms with Crippen molar-refractivity contribution in [2.24, 2.45) is 0 Å². The van der Waals surface area contributed by atoms with E-state index >= 15 is 0 Å². The van der Waals surface area contributed by atoms with E-state index in [0.717, 1.165) is 16.7 Å². The van der Waals surface area contributed by atoms with Gasteiger partial charge in [-0.2, -0.15) is 0 Å². The Bertz CT molecular complexity index is 1010. The van der Waals surface area contributed by atoms with Gasteiger partial charge in [0, 0.05) is 12.8 Å². The van der Waals surface area contributed by atoms with Crippen molar-refractivity contribution >= 4 is 18.0 Å². The molecular formula is C25H30N2O6. The maximum Gasteiger partial charge on any atom is 0.411 e. The van der Waals surface area contributed by atoms with Crippen molar-refractivity contribution in [2.75, 3.05) is 7.11 Å². The monoisotopic (exact) mass is 454 g/mol. The first-order valence-corrected chi connectivity index (χ1v) is 10.8. The van der Waals surface area contributed by atoms with Crippen molar-refractivity contribution in [3.63, 3.8) is 0 Å². The van der Waals surface area contributed by atoms with Gasteiger partial charge in [0.2, 0.25) is 5.91 Å². The Morgan fingerprint density at radius 1 is 1.09 bits per heavy atom. The predicted molar refractivity (Wildman–Crippen MR) is 121 cm³/mol. The lowest BCUT2D eigenvalue weighted by atomic mass is 9.93. The van der Waals surface area contributed by atoms with Crippen molar-refractivity contribution < 1.29 is 29.0 Å². The largest absolute Gasteiger partial charge is 0.508 e. The van der Waals surface area contributed by atoms with Crippen LogP contribution in [-0.2, 0) is 38.4 Å². The summed E-state index contributed by atoms with van der Waals surface area (Å²) in [6.45, 7) is 5.53. The van der Waals surface area contributed by atoms with Crippen LogP contribution >= 0.6 is 0 Å². The second-order valence-electron chi connectivity index (χ2n) is 9.05. The van der Waals surface area contributed by atoms with Gasteiger partial charge in [-0.05, 0) is 49.6 Å². The van der Waals surface area contributed by atoms with E-state index in [9.17, 15) is 19.5 Å². The van der Waals surface area contributed by atoms with Crippen LogP contribution < -0.4 is 5.32 Å². The van der Waals surface area contributed by atoms with E-state index in [0.29, 0.717) is 6.42 Å². The van der Waals surface area contributed by atoms with Crippen molar-refractivity contribution in [2.45, 2.75) is 57.8 Å². The molecule has 2 aromatic carbocycles. The fourth-order valence-electron chi connectivity index (χ4n) is 3.74. The molecule has 0 unspecified atom stereocenters. The molecule has 1 aliphatic rings. The average molecular weight is 455 g/mol. The summed E-state index contributed by atoms with van der Waals surface area (Å²) in [5.74, 6) is -0.965. The number of rotatable bonds is 5. The number of phenols is 1. The predicted octanol–water partition coefficient (Wildman–Crippen LogP) is 2.95. The number of phenolic OH excluding ortho intramolecular Hbond substituents is 1. The highest BCUT2D eigenvalue weighted by Gasteiger charge is 2.38. The normalized spacial score (nSPS) is 16.4. The molecule has 1 heterocycles. The van der Waals surface area contributed by atoms with Gasteiger partial charge in [-0.3, -0.25) is 9.69 Å². The molecule has 8 heteroatoms. The topological polar surface area (TPSA) is 105 Å². The van der Waals surface area contributed by atoms with Crippen LogP contribution in [0.5, 0.6) is 5.75 Å². The number of aromatic hydroxyl groups is 1. The number of carbonyl (C=O) groups excluding carboxylic acids is 3. The van der Waals surface area contributed by atoms with Crippen molar-refractivity contribution in [3.8, 4) is 5.75 Å². The number of hydrogen-bond acceptors (Lipinski definition) is 6. The van der Waals surface area contributed by atoms with E-state index in [1.54, 1.807) is 32.9 Å². The molecule has 0 aliphatic carbocycles. The van der Waals surface area contributed by atoms with Crippen LogP contribution in [0.2, 0.25) is 0 Å². The SMILES string of the molecule is COC(=O)[C@H](Cc1ccc(O)cc1)NC(=O)[C@@H]1Cc2ccccc2CN1C(=O)OC(C)(C)C. The molecule has 0 spiro atoms. The summed E-state index contributed by atoms with van der Waals surface area (Å²) in [5, 5.41) is 12.2. The van der Waals surface area contributed by atoms with Gasteiger partial charge < -0.3 is 19.9 Å². The maximum atomic E-state index is 13.4. The smallest absolute Gasteiger partial charge is 0.411 e. The lowest BCUT2D eigenvalue weighted by Crippen LogP contribution is -2.56. The van der Waals surface area contributed by atoms with Crippen molar-refractivity contribution in [3.05, 3.63) is 65.2 Å². The molecule has 2 N–H and O–H groups in total. The van der Waals surface area contributed by atoms with Crippen LogP contribution in [0.15, 0.2) is 48.5 Å². The molecule has 0 saturated carbocycles. The third kappa shape index (κ3) is 6.25. The molecule has 0 saturated heterocycles. The number of fused-ring (bicyclic) bond motifs is 1. The van der Waals surface area contributed by atoms with E-state index < -0.39 is 35.7 Å². The molecule has 33 heavy (non-hydrogen) atoms. The van der Waals surface area contributed by atoms with Gasteiger partial charge in [0.25, 0.3) is 0 Å².